The van der Waals surface area contributed by atoms with E-state index in [-0.39, 0.29) is 5.52 Å². The number of hydrogen-bond acceptors (Lipinski definition) is 0. The zero-order valence-electron chi connectivity index (χ0n) is 22.5. The Labute approximate surface area is 245 Å². The molecular formula is C30H34Li4. The van der Waals surface area contributed by atoms with E-state index in [1.165, 1.54) is 60.8 Å². The van der Waals surface area contributed by atoms with Gasteiger partial charge in [0.1, 0.15) is 0 Å². The van der Waals surface area contributed by atoms with E-state index < -0.39 is 0 Å². The fourth-order valence-corrected chi connectivity index (χ4v) is 5.73. The summed E-state index contributed by atoms with van der Waals surface area (Å²) in [6, 6.07) is 31.3. The summed E-state index contributed by atoms with van der Waals surface area (Å²) in [6.45, 7) is 4.84. The van der Waals surface area contributed by atoms with E-state index in [0.717, 1.165) is 0 Å². The van der Waals surface area contributed by atoms with Crippen LogP contribution in [0.3, 0.4) is 0 Å². The van der Waals surface area contributed by atoms with E-state index in [2.05, 4.69) is 170 Å². The van der Waals surface area contributed by atoms with E-state index in [1.807, 2.05) is 0 Å². The molecule has 0 fully saturated rings. The maximum absolute atomic E-state index is 2.46. The molecule has 4 heteroatoms. The first-order valence-corrected chi connectivity index (χ1v) is 13.3. The van der Waals surface area contributed by atoms with Crippen LogP contribution < -0.4 is 0 Å². The van der Waals surface area contributed by atoms with E-state index >= 15 is 0 Å². The maximum atomic E-state index is 2.46. The Bertz CT molecular complexity index is 920. The van der Waals surface area contributed by atoms with Gasteiger partial charge in [0.15, 0.2) is 0 Å². The van der Waals surface area contributed by atoms with Crippen molar-refractivity contribution in [3.63, 3.8) is 0 Å². The average molecular weight is 422 g/mol. The molecule has 0 aliphatic heterocycles. The molecule has 0 saturated heterocycles. The Balaban J connectivity index is 1.48. The molecule has 158 valence electrons. The van der Waals surface area contributed by atoms with E-state index in [0.29, 0.717) is 11.8 Å². The molecule has 34 heavy (non-hydrogen) atoms. The molecule has 0 saturated carbocycles. The molecule has 0 aliphatic rings. The van der Waals surface area contributed by atoms with Gasteiger partial charge in [0.25, 0.3) is 0 Å². The average Bonchev–Trinajstić information content (AvgIpc) is 2.82. The van der Waals surface area contributed by atoms with Gasteiger partial charge in [0.2, 0.25) is 0 Å². The van der Waals surface area contributed by atoms with Crippen molar-refractivity contribution in [2.75, 3.05) is 0 Å². The third kappa shape index (κ3) is 9.17. The zero-order chi connectivity index (χ0) is 24.6. The first kappa shape index (κ1) is 28.6. The first-order valence-electron chi connectivity index (χ1n) is 13.3. The number of aryl methyl sites for hydroxylation is 2. The molecular weight excluding hydrogens is 388 g/mol. The molecule has 3 rings (SSSR count). The summed E-state index contributed by atoms with van der Waals surface area (Å²) in [5.41, 5.74) is 5.90. The van der Waals surface area contributed by atoms with Crippen molar-refractivity contribution in [2.24, 2.45) is 11.8 Å². The molecule has 0 bridgehead atoms. The summed E-state index contributed by atoms with van der Waals surface area (Å²) < 4.78 is 0.457. The fourth-order valence-electron chi connectivity index (χ4n) is 5.73. The summed E-state index contributed by atoms with van der Waals surface area (Å²) in [7, 11) is 0. The first-order chi connectivity index (χ1) is 16.2. The van der Waals surface area contributed by atoms with E-state index in [4.69, 9.17) is 0 Å². The minimum atomic E-state index is 0.228. The number of benzene rings is 3. The molecule has 0 radical (unpaired) electrons. The van der Waals surface area contributed by atoms with Crippen LogP contribution in [0.15, 0.2) is 84.9 Å². The van der Waals surface area contributed by atoms with Gasteiger partial charge in [-0.25, -0.2) is 0 Å². The van der Waals surface area contributed by atoms with Crippen molar-refractivity contribution in [3.05, 3.63) is 107 Å². The molecule has 0 amide bonds. The Morgan fingerprint density at radius 2 is 0.941 bits per heavy atom. The zero-order valence-corrected chi connectivity index (χ0v) is 22.5. The Morgan fingerprint density at radius 3 is 1.32 bits per heavy atom. The molecule has 0 aliphatic carbocycles. The Morgan fingerprint density at radius 1 is 0.559 bits per heavy atom. The van der Waals surface area contributed by atoms with Crippen LogP contribution in [-0.4, -0.2) is 70.9 Å². The molecule has 3 aromatic carbocycles. The summed E-state index contributed by atoms with van der Waals surface area (Å²) in [4.78, 5) is 0. The van der Waals surface area contributed by atoms with Gasteiger partial charge in [-0.1, -0.05) is 0 Å². The van der Waals surface area contributed by atoms with Gasteiger partial charge in [-0.3, -0.25) is 0 Å². The predicted octanol–water partition coefficient (Wildman–Crippen LogP) is 5.98. The molecule has 0 nitrogen and oxygen atoms in total. The molecule has 2 atom stereocenters. The van der Waals surface area contributed by atoms with Crippen LogP contribution in [0, 0.1) is 11.8 Å². The third-order valence-electron chi connectivity index (χ3n) is 7.67. The Hall–Kier alpha value is 0.0496. The summed E-state index contributed by atoms with van der Waals surface area (Å²) in [5, 5.41) is 0. The van der Waals surface area contributed by atoms with Crippen LogP contribution in [-0.2, 0) is 18.4 Å². The van der Waals surface area contributed by atoms with Crippen molar-refractivity contribution >= 4 is 70.9 Å². The fraction of sp³-hybridized carbons (Fsp3) is 0.400. The van der Waals surface area contributed by atoms with Gasteiger partial charge in [-0.2, -0.15) is 0 Å². The van der Waals surface area contributed by atoms with Crippen LogP contribution in [0.4, 0.5) is 0 Å². The quantitative estimate of drug-likeness (QED) is 0.315. The van der Waals surface area contributed by atoms with Crippen LogP contribution >= 0.6 is 0 Å². The molecule has 0 spiro atoms. The minimum absolute atomic E-state index is 0.228. The van der Waals surface area contributed by atoms with E-state index in [1.54, 1.807) is 0 Å². The summed E-state index contributed by atoms with van der Waals surface area (Å²) >= 11 is 9.55. The van der Waals surface area contributed by atoms with Gasteiger partial charge in [0.05, 0.1) is 0 Å². The van der Waals surface area contributed by atoms with Crippen LogP contribution in [0.1, 0.15) is 61.8 Å². The van der Waals surface area contributed by atoms with Crippen molar-refractivity contribution in [2.45, 2.75) is 57.9 Å². The van der Waals surface area contributed by atoms with Crippen LogP contribution in [0.2, 0.25) is 0 Å². The second kappa shape index (κ2) is 13.6. The predicted molar refractivity (Wildman–Crippen MR) is 150 cm³/mol. The van der Waals surface area contributed by atoms with Gasteiger partial charge in [-0.05, 0) is 0 Å². The van der Waals surface area contributed by atoms with E-state index in [9.17, 15) is 0 Å². The topological polar surface area (TPSA) is 0 Å². The van der Waals surface area contributed by atoms with Crippen molar-refractivity contribution in [1.29, 1.82) is 0 Å². The molecule has 0 heterocycles. The standard InChI is InChI=1S/C30H34.4Li/c1-25(16-20-27-10-5-3-6-11-27)18-22-29-14-9-15-30(24-29)23-19-26(2)17-21-28-12-7-4-8-13-28;;;;/h3-15,24-26H,16-19,22-23H2,1-2H3;;;;. The number of hydrogen-bond donors (Lipinski definition) is 0. The Kier molecular flexibility index (Phi) is 11.4. The number of rotatable bonds is 12. The van der Waals surface area contributed by atoms with Crippen molar-refractivity contribution in [1.82, 2.24) is 0 Å². The molecule has 2 unspecified atom stereocenters. The van der Waals surface area contributed by atoms with Crippen molar-refractivity contribution < 1.29 is 0 Å². The molecule has 0 aromatic heterocycles. The van der Waals surface area contributed by atoms with Crippen LogP contribution in [0.5, 0.6) is 0 Å². The van der Waals surface area contributed by atoms with Crippen LogP contribution in [0.25, 0.3) is 0 Å². The second-order valence-electron chi connectivity index (χ2n) is 12.0. The molecule has 3 aromatic rings. The van der Waals surface area contributed by atoms with Gasteiger partial charge in [-0.15, -0.1) is 0 Å². The summed E-state index contributed by atoms with van der Waals surface area (Å²) in [5.74, 6) is 1.42. The second-order valence-corrected chi connectivity index (χ2v) is 12.0. The normalized spacial score (nSPS) is 14.2. The van der Waals surface area contributed by atoms with Gasteiger partial charge < -0.3 is 0 Å². The third-order valence-corrected chi connectivity index (χ3v) is 7.67. The molecule has 0 N–H and O–H groups in total. The SMILES string of the molecule is [Li][C]([Li])(CC(C)CCc1cccc(CCC(C)C[C]([Li])([Li])c2ccccc2)c1)c1ccccc1. The van der Waals surface area contributed by atoms with Crippen molar-refractivity contribution in [3.8, 4) is 0 Å². The van der Waals surface area contributed by atoms with Gasteiger partial charge in [0, 0.05) is 0 Å². The monoisotopic (exact) mass is 422 g/mol. The summed E-state index contributed by atoms with van der Waals surface area (Å²) in [6.07, 6.45) is 7.31. The van der Waals surface area contributed by atoms with Gasteiger partial charge >= 0.3 is 248 Å².